The molecule has 2 aromatic rings. The van der Waals surface area contributed by atoms with Crippen molar-refractivity contribution >= 4 is 11.9 Å². The van der Waals surface area contributed by atoms with E-state index in [9.17, 15) is 4.79 Å². The van der Waals surface area contributed by atoms with Crippen LogP contribution in [0.4, 0.5) is 0 Å². The maximum atomic E-state index is 12.3. The van der Waals surface area contributed by atoms with E-state index in [2.05, 4.69) is 5.10 Å². The van der Waals surface area contributed by atoms with Gasteiger partial charge >= 0.3 is 0 Å². The molecule has 1 aliphatic heterocycles. The summed E-state index contributed by atoms with van der Waals surface area (Å²) in [7, 11) is 0. The normalized spacial score (nSPS) is 13.5. The van der Waals surface area contributed by atoms with Gasteiger partial charge in [-0.25, -0.2) is 0 Å². The fraction of sp³-hybridized carbons (Fsp3) is 0.294. The molecule has 0 N–H and O–H groups in total. The van der Waals surface area contributed by atoms with Crippen LogP contribution in [-0.4, -0.2) is 28.8 Å². The van der Waals surface area contributed by atoms with Crippen LogP contribution in [0.25, 0.3) is 6.08 Å². The van der Waals surface area contributed by atoms with E-state index in [1.165, 1.54) is 0 Å². The number of aryl methyl sites for hydroxylation is 1. The molecular weight excluding hydrogens is 280 g/mol. The van der Waals surface area contributed by atoms with Gasteiger partial charge in [0.15, 0.2) is 17.3 Å². The molecule has 0 spiro atoms. The summed E-state index contributed by atoms with van der Waals surface area (Å²) in [4.78, 5) is 12.3. The van der Waals surface area contributed by atoms with Crippen molar-refractivity contribution in [3.8, 4) is 11.5 Å². The van der Waals surface area contributed by atoms with Gasteiger partial charge in [-0.1, -0.05) is 0 Å². The third-order valence-electron chi connectivity index (χ3n) is 3.68. The predicted molar refractivity (Wildman–Crippen MR) is 83.4 cm³/mol. The molecule has 0 radical (unpaired) electrons. The maximum absolute atomic E-state index is 12.3. The minimum Gasteiger partial charge on any atom is -0.486 e. The summed E-state index contributed by atoms with van der Waals surface area (Å²) in [5, 5.41) is 4.26. The summed E-state index contributed by atoms with van der Waals surface area (Å²) in [6.07, 6.45) is 5.13. The van der Waals surface area contributed by atoms with Gasteiger partial charge in [0, 0.05) is 23.4 Å². The van der Waals surface area contributed by atoms with Crippen molar-refractivity contribution in [2.24, 2.45) is 0 Å². The molecule has 0 aliphatic carbocycles. The molecule has 0 saturated heterocycles. The summed E-state index contributed by atoms with van der Waals surface area (Å²) in [6.45, 7) is 5.89. The highest BCUT2D eigenvalue weighted by Gasteiger charge is 2.13. The number of rotatable bonds is 4. The van der Waals surface area contributed by atoms with E-state index in [1.807, 2.05) is 18.5 Å². The van der Waals surface area contributed by atoms with Gasteiger partial charge in [0.05, 0.1) is 6.20 Å². The molecular formula is C17H18N2O3. The van der Waals surface area contributed by atoms with Crippen LogP contribution < -0.4 is 9.47 Å². The number of ether oxygens (including phenoxy) is 2. The van der Waals surface area contributed by atoms with E-state index >= 15 is 0 Å². The molecule has 114 valence electrons. The fourth-order valence-electron chi connectivity index (χ4n) is 2.40. The second kappa shape index (κ2) is 6.05. The van der Waals surface area contributed by atoms with Crippen molar-refractivity contribution < 1.29 is 14.3 Å². The largest absolute Gasteiger partial charge is 0.486 e. The van der Waals surface area contributed by atoms with E-state index in [1.54, 1.807) is 36.5 Å². The van der Waals surface area contributed by atoms with Crippen LogP contribution in [0.15, 0.2) is 30.5 Å². The zero-order valence-corrected chi connectivity index (χ0v) is 12.7. The van der Waals surface area contributed by atoms with E-state index < -0.39 is 0 Å². The Kier molecular flexibility index (Phi) is 3.96. The minimum atomic E-state index is -0.0689. The molecule has 1 aliphatic rings. The van der Waals surface area contributed by atoms with Crippen molar-refractivity contribution in [1.29, 1.82) is 0 Å². The lowest BCUT2D eigenvalue weighted by molar-refractivity contribution is 0.104. The van der Waals surface area contributed by atoms with E-state index in [4.69, 9.17) is 9.47 Å². The molecule has 0 amide bonds. The first kappa shape index (κ1) is 14.4. The molecule has 1 aromatic heterocycles. The maximum Gasteiger partial charge on any atom is 0.185 e. The van der Waals surface area contributed by atoms with Gasteiger partial charge in [-0.05, 0) is 44.2 Å². The summed E-state index contributed by atoms with van der Waals surface area (Å²) < 4.78 is 12.8. The number of carbonyl (C=O) groups is 1. The molecule has 0 fully saturated rings. The highest BCUT2D eigenvalue weighted by Crippen LogP contribution is 2.31. The third-order valence-corrected chi connectivity index (χ3v) is 3.68. The predicted octanol–water partition coefficient (Wildman–Crippen LogP) is 2.88. The summed E-state index contributed by atoms with van der Waals surface area (Å²) >= 11 is 0. The number of benzene rings is 1. The molecule has 1 aromatic carbocycles. The average molecular weight is 298 g/mol. The van der Waals surface area contributed by atoms with Crippen LogP contribution in [0.2, 0.25) is 0 Å². The van der Waals surface area contributed by atoms with Gasteiger partial charge in [-0.15, -0.1) is 0 Å². The summed E-state index contributed by atoms with van der Waals surface area (Å²) in [6, 6.07) is 5.25. The second-order valence-corrected chi connectivity index (χ2v) is 5.06. The lowest BCUT2D eigenvalue weighted by Gasteiger charge is -2.18. The Balaban J connectivity index is 1.79. The second-order valence-electron chi connectivity index (χ2n) is 5.06. The Morgan fingerprint density at radius 1 is 1.32 bits per heavy atom. The van der Waals surface area contributed by atoms with Gasteiger partial charge in [-0.3, -0.25) is 9.48 Å². The van der Waals surface area contributed by atoms with Crippen molar-refractivity contribution in [1.82, 2.24) is 9.78 Å². The Bertz CT molecular complexity index is 732. The molecule has 5 heteroatoms. The Morgan fingerprint density at radius 3 is 2.82 bits per heavy atom. The molecule has 22 heavy (non-hydrogen) atoms. The number of aromatic nitrogens is 2. The van der Waals surface area contributed by atoms with Gasteiger partial charge < -0.3 is 9.47 Å². The number of hydrogen-bond donors (Lipinski definition) is 0. The fourth-order valence-corrected chi connectivity index (χ4v) is 2.40. The van der Waals surface area contributed by atoms with Gasteiger partial charge in [0.1, 0.15) is 13.2 Å². The van der Waals surface area contributed by atoms with Crippen LogP contribution in [0, 0.1) is 6.92 Å². The molecule has 2 heterocycles. The van der Waals surface area contributed by atoms with Gasteiger partial charge in [0.2, 0.25) is 0 Å². The first-order chi connectivity index (χ1) is 10.7. The molecule has 0 bridgehead atoms. The Labute approximate surface area is 129 Å². The van der Waals surface area contributed by atoms with Crippen LogP contribution in [0.5, 0.6) is 11.5 Å². The number of nitrogens with zero attached hydrogens (tertiary/aromatic N) is 2. The first-order valence-electron chi connectivity index (χ1n) is 7.33. The topological polar surface area (TPSA) is 53.4 Å². The van der Waals surface area contributed by atoms with E-state index in [0.717, 1.165) is 17.8 Å². The lowest BCUT2D eigenvalue weighted by Crippen LogP contribution is -2.15. The monoisotopic (exact) mass is 298 g/mol. The van der Waals surface area contributed by atoms with Crippen LogP contribution in [0.1, 0.15) is 28.5 Å². The number of carbonyl (C=O) groups excluding carboxylic acids is 1. The van der Waals surface area contributed by atoms with Crippen molar-refractivity contribution in [2.75, 3.05) is 13.2 Å². The number of fused-ring (bicyclic) bond motifs is 1. The first-order valence-corrected chi connectivity index (χ1v) is 7.33. The van der Waals surface area contributed by atoms with Crippen molar-refractivity contribution in [3.63, 3.8) is 0 Å². The average Bonchev–Trinajstić information content (AvgIpc) is 2.92. The minimum absolute atomic E-state index is 0.0689. The van der Waals surface area contributed by atoms with Crippen LogP contribution >= 0.6 is 0 Å². The summed E-state index contributed by atoms with van der Waals surface area (Å²) in [5.74, 6) is 1.24. The van der Waals surface area contributed by atoms with Gasteiger partial charge in [-0.2, -0.15) is 5.10 Å². The molecule has 0 saturated carbocycles. The summed E-state index contributed by atoms with van der Waals surface area (Å²) in [5.41, 5.74) is 2.59. The molecule has 0 atom stereocenters. The van der Waals surface area contributed by atoms with Gasteiger partial charge in [0.25, 0.3) is 0 Å². The van der Waals surface area contributed by atoms with Crippen LogP contribution in [-0.2, 0) is 6.54 Å². The third kappa shape index (κ3) is 2.74. The molecule has 0 unspecified atom stereocenters. The lowest BCUT2D eigenvalue weighted by atomic mass is 10.1. The molecule has 5 nitrogen and oxygen atoms in total. The Hall–Kier alpha value is -2.56. The zero-order valence-electron chi connectivity index (χ0n) is 12.7. The number of ketones is 1. The highest BCUT2D eigenvalue weighted by molar-refractivity contribution is 6.07. The standard InChI is InChI=1S/C17H18N2O3/c1-3-19-12(2)14(11-18-19)4-6-15(20)13-5-7-16-17(10-13)22-9-8-21-16/h4-7,10-11H,3,8-9H2,1-2H3/b6-4+. The quantitative estimate of drug-likeness (QED) is 0.643. The number of allylic oxidation sites excluding steroid dienone is 1. The zero-order chi connectivity index (χ0) is 15.5. The van der Waals surface area contributed by atoms with E-state index in [0.29, 0.717) is 30.3 Å². The Morgan fingerprint density at radius 2 is 2.09 bits per heavy atom. The smallest absolute Gasteiger partial charge is 0.185 e. The van der Waals surface area contributed by atoms with Crippen molar-refractivity contribution in [3.05, 3.63) is 47.3 Å². The molecule has 3 rings (SSSR count). The van der Waals surface area contributed by atoms with Crippen molar-refractivity contribution in [2.45, 2.75) is 20.4 Å². The SMILES string of the molecule is CCn1ncc(/C=C/C(=O)c2ccc3c(c2)OCCO3)c1C. The van der Waals surface area contributed by atoms with Crippen LogP contribution in [0.3, 0.4) is 0 Å². The highest BCUT2D eigenvalue weighted by atomic mass is 16.6. The number of hydrogen-bond acceptors (Lipinski definition) is 4. The van der Waals surface area contributed by atoms with E-state index in [-0.39, 0.29) is 5.78 Å².